The van der Waals surface area contributed by atoms with Crippen LogP contribution in [-0.4, -0.2) is 9.97 Å². The lowest BCUT2D eigenvalue weighted by atomic mass is 10.1. The molecule has 0 aliphatic rings. The van der Waals surface area contributed by atoms with E-state index in [0.717, 1.165) is 17.8 Å². The van der Waals surface area contributed by atoms with Crippen LogP contribution in [0.2, 0.25) is 0 Å². The third-order valence-electron chi connectivity index (χ3n) is 1.66. The number of nitrogens with zero attached hydrogens (tertiary/aromatic N) is 2. The van der Waals surface area contributed by atoms with Crippen LogP contribution in [0.5, 0.6) is 0 Å². The van der Waals surface area contributed by atoms with Gasteiger partial charge in [-0.25, -0.2) is 0 Å². The Morgan fingerprint density at radius 1 is 1.07 bits per heavy atom. The zero-order valence-corrected chi connectivity index (χ0v) is 11.3. The van der Waals surface area contributed by atoms with Gasteiger partial charge in [-0.1, -0.05) is 48.5 Å². The van der Waals surface area contributed by atoms with Crippen LogP contribution in [0, 0.1) is 0 Å². The van der Waals surface area contributed by atoms with E-state index >= 15 is 0 Å². The summed E-state index contributed by atoms with van der Waals surface area (Å²) >= 11 is 0. The lowest BCUT2D eigenvalue weighted by molar-refractivity contribution is 0.793. The molecule has 0 spiro atoms. The van der Waals surface area contributed by atoms with Gasteiger partial charge in [0.1, 0.15) is 0 Å². The maximum atomic E-state index is 4.43. The van der Waals surface area contributed by atoms with E-state index in [1.54, 1.807) is 0 Å². The third-order valence-corrected chi connectivity index (χ3v) is 1.66. The monoisotopic (exact) mass is 210 g/mol. The summed E-state index contributed by atoms with van der Waals surface area (Å²) in [4.78, 5) is 8.54. The average molecular weight is 210 g/mol. The largest absolute Gasteiger partial charge is 0.261 e. The Morgan fingerprint density at radius 3 is 2.00 bits per heavy atom. The van der Waals surface area contributed by atoms with Crippen molar-refractivity contribution >= 4 is 0 Å². The first-order valence-corrected chi connectivity index (χ1v) is 6.04. The summed E-state index contributed by atoms with van der Waals surface area (Å²) in [7, 11) is 0. The van der Waals surface area contributed by atoms with E-state index in [2.05, 4.69) is 30.7 Å². The molecule has 0 aliphatic carbocycles. The first kappa shape index (κ1) is 16.5. The van der Waals surface area contributed by atoms with Crippen molar-refractivity contribution in [3.63, 3.8) is 0 Å². The molecule has 0 amide bonds. The Hall–Kier alpha value is -0.920. The lowest BCUT2D eigenvalue weighted by Crippen LogP contribution is -1.97. The molecule has 1 rings (SSSR count). The van der Waals surface area contributed by atoms with Gasteiger partial charge in [0, 0.05) is 12.4 Å². The zero-order chi connectivity index (χ0) is 12.3. The first-order valence-electron chi connectivity index (χ1n) is 6.04. The third kappa shape index (κ3) is 7.06. The van der Waals surface area contributed by atoms with Gasteiger partial charge in [0.25, 0.3) is 0 Å². The van der Waals surface area contributed by atoms with Crippen molar-refractivity contribution in [3.05, 3.63) is 23.8 Å². The maximum absolute atomic E-state index is 4.43. The molecule has 1 heterocycles. The zero-order valence-electron chi connectivity index (χ0n) is 11.3. The van der Waals surface area contributed by atoms with E-state index in [-0.39, 0.29) is 0 Å². The summed E-state index contributed by atoms with van der Waals surface area (Å²) in [5.74, 6) is 0.481. The van der Waals surface area contributed by atoms with Crippen molar-refractivity contribution in [3.8, 4) is 0 Å². The van der Waals surface area contributed by atoms with E-state index in [9.17, 15) is 0 Å². The minimum absolute atomic E-state index is 0.481. The molecule has 0 N–H and O–H groups in total. The predicted molar refractivity (Wildman–Crippen MR) is 68.2 cm³/mol. The van der Waals surface area contributed by atoms with Gasteiger partial charge < -0.3 is 0 Å². The molecule has 0 aliphatic heterocycles. The van der Waals surface area contributed by atoms with Gasteiger partial charge in [-0.2, -0.15) is 0 Å². The van der Waals surface area contributed by atoms with Crippen LogP contribution >= 0.6 is 0 Å². The lowest BCUT2D eigenvalue weighted by Gasteiger charge is -2.03. The minimum Gasteiger partial charge on any atom is -0.261 e. The number of aromatic nitrogens is 2. The van der Waals surface area contributed by atoms with Crippen LogP contribution in [0.15, 0.2) is 12.4 Å². The molecule has 0 radical (unpaired) electrons. The smallest absolute Gasteiger partial charge is 0.0615 e. The average Bonchev–Trinajstić information content (AvgIpc) is 2.34. The van der Waals surface area contributed by atoms with Gasteiger partial charge >= 0.3 is 0 Å². The number of hydrogen-bond donors (Lipinski definition) is 0. The standard InChI is InChI=1S/C9H14N2.2C2H6/c1-4-8-5-10-6-9(11-8)7(2)3;2*1-2/h5-7H,4H2,1-3H3;2*1-2H3. The van der Waals surface area contributed by atoms with Gasteiger partial charge in [0.2, 0.25) is 0 Å². The van der Waals surface area contributed by atoms with Crippen LogP contribution in [0.25, 0.3) is 0 Å². The fourth-order valence-electron chi connectivity index (χ4n) is 0.872. The van der Waals surface area contributed by atoms with E-state index < -0.39 is 0 Å². The van der Waals surface area contributed by atoms with Gasteiger partial charge in [-0.15, -0.1) is 0 Å². The van der Waals surface area contributed by atoms with Crippen molar-refractivity contribution in [2.45, 2.75) is 60.8 Å². The molecule has 1 aromatic heterocycles. The molecule has 0 unspecified atom stereocenters. The molecule has 2 heteroatoms. The number of rotatable bonds is 2. The summed E-state index contributed by atoms with van der Waals surface area (Å²) in [5, 5.41) is 0. The molecule has 0 aromatic carbocycles. The maximum Gasteiger partial charge on any atom is 0.0615 e. The molecule has 0 saturated carbocycles. The van der Waals surface area contributed by atoms with Gasteiger partial charge in [0.05, 0.1) is 11.4 Å². The molecule has 0 fully saturated rings. The minimum atomic E-state index is 0.481. The molecule has 0 saturated heterocycles. The highest BCUT2D eigenvalue weighted by molar-refractivity contribution is 5.06. The highest BCUT2D eigenvalue weighted by Gasteiger charge is 2.00. The Morgan fingerprint density at radius 2 is 1.60 bits per heavy atom. The van der Waals surface area contributed by atoms with E-state index in [0.29, 0.717) is 5.92 Å². The molecule has 1 aromatic rings. The van der Waals surface area contributed by atoms with Crippen molar-refractivity contribution in [2.24, 2.45) is 0 Å². The van der Waals surface area contributed by atoms with Gasteiger partial charge in [0.15, 0.2) is 0 Å². The second-order valence-electron chi connectivity index (χ2n) is 2.94. The summed E-state index contributed by atoms with van der Waals surface area (Å²) < 4.78 is 0. The fraction of sp³-hybridized carbons (Fsp3) is 0.692. The number of aryl methyl sites for hydroxylation is 1. The van der Waals surface area contributed by atoms with Crippen LogP contribution in [0.4, 0.5) is 0 Å². The van der Waals surface area contributed by atoms with Crippen molar-refractivity contribution in [1.82, 2.24) is 9.97 Å². The Labute approximate surface area is 95.2 Å². The van der Waals surface area contributed by atoms with Crippen molar-refractivity contribution in [2.75, 3.05) is 0 Å². The molecule has 88 valence electrons. The Bertz CT molecular complexity index is 232. The summed E-state index contributed by atoms with van der Waals surface area (Å²) in [6, 6.07) is 0. The summed E-state index contributed by atoms with van der Waals surface area (Å²) in [6.07, 6.45) is 4.63. The summed E-state index contributed by atoms with van der Waals surface area (Å²) in [5.41, 5.74) is 2.17. The van der Waals surface area contributed by atoms with E-state index in [4.69, 9.17) is 0 Å². The van der Waals surface area contributed by atoms with Crippen LogP contribution in [0.3, 0.4) is 0 Å². The molecular weight excluding hydrogens is 184 g/mol. The SMILES string of the molecule is CC.CC.CCc1cncc(C(C)C)n1. The highest BCUT2D eigenvalue weighted by Crippen LogP contribution is 2.09. The molecule has 0 bridgehead atoms. The van der Waals surface area contributed by atoms with Crippen molar-refractivity contribution in [1.29, 1.82) is 0 Å². The van der Waals surface area contributed by atoms with Gasteiger partial charge in [-0.05, 0) is 12.3 Å². The first-order chi connectivity index (χ1) is 7.24. The van der Waals surface area contributed by atoms with Gasteiger partial charge in [-0.3, -0.25) is 9.97 Å². The second kappa shape index (κ2) is 11.2. The number of hydrogen-bond acceptors (Lipinski definition) is 2. The van der Waals surface area contributed by atoms with Crippen molar-refractivity contribution < 1.29 is 0 Å². The van der Waals surface area contributed by atoms with Crippen LogP contribution in [-0.2, 0) is 6.42 Å². The highest BCUT2D eigenvalue weighted by atomic mass is 14.8. The fourth-order valence-corrected chi connectivity index (χ4v) is 0.872. The Balaban J connectivity index is 0. The molecule has 2 nitrogen and oxygen atoms in total. The van der Waals surface area contributed by atoms with Crippen LogP contribution in [0.1, 0.15) is 65.8 Å². The molecule has 0 atom stereocenters. The quantitative estimate of drug-likeness (QED) is 0.730. The van der Waals surface area contributed by atoms with E-state index in [1.807, 2.05) is 40.1 Å². The summed E-state index contributed by atoms with van der Waals surface area (Å²) in [6.45, 7) is 14.3. The molecule has 15 heavy (non-hydrogen) atoms. The second-order valence-corrected chi connectivity index (χ2v) is 2.94. The van der Waals surface area contributed by atoms with E-state index in [1.165, 1.54) is 0 Å². The topological polar surface area (TPSA) is 25.8 Å². The Kier molecular flexibility index (Phi) is 12.3. The normalized spacial score (nSPS) is 8.53. The molecular formula is C13H26N2. The predicted octanol–water partition coefficient (Wildman–Crippen LogP) is 4.21. The van der Waals surface area contributed by atoms with Crippen LogP contribution < -0.4 is 0 Å².